The highest BCUT2D eigenvalue weighted by Gasteiger charge is 2.48. The van der Waals surface area contributed by atoms with Crippen molar-refractivity contribution in [3.63, 3.8) is 0 Å². The number of aryl methyl sites for hydroxylation is 1. The molecule has 1 aromatic rings. The SMILES string of the molecule is Cc1cccc(N2N=C(C(F)(F)F)C(C)C2=O)c1. The van der Waals surface area contributed by atoms with E-state index in [1.807, 2.05) is 0 Å². The van der Waals surface area contributed by atoms with Crippen LogP contribution in [0.15, 0.2) is 29.4 Å². The first kappa shape index (κ1) is 12.6. The topological polar surface area (TPSA) is 32.7 Å². The number of anilines is 1. The molecule has 0 bridgehead atoms. The monoisotopic (exact) mass is 256 g/mol. The number of benzene rings is 1. The molecule has 0 aromatic heterocycles. The molecule has 3 nitrogen and oxygen atoms in total. The van der Waals surface area contributed by atoms with E-state index in [0.29, 0.717) is 5.69 Å². The van der Waals surface area contributed by atoms with Gasteiger partial charge in [0.1, 0.15) is 0 Å². The van der Waals surface area contributed by atoms with E-state index in [4.69, 9.17) is 0 Å². The van der Waals surface area contributed by atoms with Crippen LogP contribution >= 0.6 is 0 Å². The first-order valence-electron chi connectivity index (χ1n) is 5.37. The van der Waals surface area contributed by atoms with Crippen LogP contribution in [0.25, 0.3) is 0 Å². The Kier molecular flexibility index (Phi) is 2.88. The molecule has 0 saturated carbocycles. The Balaban J connectivity index is 2.41. The molecule has 0 aliphatic carbocycles. The van der Waals surface area contributed by atoms with Crippen molar-refractivity contribution in [3.8, 4) is 0 Å². The third-order valence-corrected chi connectivity index (χ3v) is 2.73. The van der Waals surface area contributed by atoms with Crippen LogP contribution in [0.1, 0.15) is 12.5 Å². The summed E-state index contributed by atoms with van der Waals surface area (Å²) in [6.45, 7) is 3.01. The van der Waals surface area contributed by atoms with Crippen molar-refractivity contribution in [2.24, 2.45) is 11.0 Å². The van der Waals surface area contributed by atoms with Crippen molar-refractivity contribution in [1.29, 1.82) is 0 Å². The molecule has 1 amide bonds. The maximum absolute atomic E-state index is 12.6. The average Bonchev–Trinajstić information content (AvgIpc) is 2.55. The van der Waals surface area contributed by atoms with Gasteiger partial charge in [-0.05, 0) is 31.5 Å². The molecule has 6 heteroatoms. The van der Waals surface area contributed by atoms with Crippen LogP contribution in [0.3, 0.4) is 0 Å². The average molecular weight is 256 g/mol. The van der Waals surface area contributed by atoms with E-state index >= 15 is 0 Å². The molecule has 0 N–H and O–H groups in total. The number of carbonyl (C=O) groups is 1. The quantitative estimate of drug-likeness (QED) is 0.760. The van der Waals surface area contributed by atoms with Gasteiger partial charge in [-0.25, -0.2) is 0 Å². The van der Waals surface area contributed by atoms with Gasteiger partial charge in [-0.15, -0.1) is 0 Å². The predicted octanol–water partition coefficient (Wildman–Crippen LogP) is 2.90. The molecular formula is C12H11F3N2O. The number of amides is 1. The van der Waals surface area contributed by atoms with Crippen LogP contribution in [0.4, 0.5) is 18.9 Å². The van der Waals surface area contributed by atoms with Crippen molar-refractivity contribution >= 4 is 17.3 Å². The second-order valence-corrected chi connectivity index (χ2v) is 4.19. The van der Waals surface area contributed by atoms with Crippen LogP contribution in [0.2, 0.25) is 0 Å². The van der Waals surface area contributed by atoms with E-state index in [1.165, 1.54) is 6.92 Å². The van der Waals surface area contributed by atoms with Crippen molar-refractivity contribution in [2.75, 3.05) is 5.01 Å². The zero-order valence-electron chi connectivity index (χ0n) is 9.82. The van der Waals surface area contributed by atoms with Gasteiger partial charge >= 0.3 is 6.18 Å². The number of hydrogen-bond donors (Lipinski definition) is 0. The number of alkyl halides is 3. The number of halogens is 3. The van der Waals surface area contributed by atoms with Crippen molar-refractivity contribution < 1.29 is 18.0 Å². The second kappa shape index (κ2) is 4.12. The van der Waals surface area contributed by atoms with Crippen LogP contribution < -0.4 is 5.01 Å². The molecule has 1 heterocycles. The Bertz CT molecular complexity index is 522. The van der Waals surface area contributed by atoms with Gasteiger partial charge in [0.15, 0.2) is 5.71 Å². The number of hydrogen-bond acceptors (Lipinski definition) is 2. The van der Waals surface area contributed by atoms with Gasteiger partial charge in [0, 0.05) is 0 Å². The van der Waals surface area contributed by atoms with Gasteiger partial charge in [-0.1, -0.05) is 12.1 Å². The number of hydrazone groups is 1. The summed E-state index contributed by atoms with van der Waals surface area (Å²) in [6, 6.07) is 6.64. The van der Waals surface area contributed by atoms with Crippen molar-refractivity contribution in [3.05, 3.63) is 29.8 Å². The predicted molar refractivity (Wildman–Crippen MR) is 61.3 cm³/mol. The molecule has 0 spiro atoms. The Morgan fingerprint density at radius 3 is 2.50 bits per heavy atom. The molecule has 1 aromatic carbocycles. The van der Waals surface area contributed by atoms with Gasteiger partial charge in [0.05, 0.1) is 11.6 Å². The zero-order chi connectivity index (χ0) is 13.5. The van der Waals surface area contributed by atoms with E-state index in [9.17, 15) is 18.0 Å². The lowest BCUT2D eigenvalue weighted by atomic mass is 10.1. The first-order valence-corrected chi connectivity index (χ1v) is 5.37. The number of nitrogens with zero attached hydrogens (tertiary/aromatic N) is 2. The molecule has 1 aliphatic rings. The lowest BCUT2D eigenvalue weighted by Crippen LogP contribution is -2.31. The summed E-state index contributed by atoms with van der Waals surface area (Å²) in [5, 5.41) is 4.23. The standard InChI is InChI=1S/C12H11F3N2O/c1-7-4-3-5-9(6-7)17-11(18)8(2)10(16-17)12(13,14)15/h3-6,8H,1-2H3. The minimum atomic E-state index is -4.58. The first-order chi connectivity index (χ1) is 8.30. The Morgan fingerprint density at radius 1 is 1.33 bits per heavy atom. The van der Waals surface area contributed by atoms with E-state index < -0.39 is 23.7 Å². The van der Waals surface area contributed by atoms with E-state index in [-0.39, 0.29) is 0 Å². The lowest BCUT2D eigenvalue weighted by Gasteiger charge is -2.12. The fourth-order valence-electron chi connectivity index (χ4n) is 1.79. The third-order valence-electron chi connectivity index (χ3n) is 2.73. The van der Waals surface area contributed by atoms with Crippen LogP contribution in [0.5, 0.6) is 0 Å². The Labute approximate surface area is 102 Å². The van der Waals surface area contributed by atoms with Crippen molar-refractivity contribution in [2.45, 2.75) is 20.0 Å². The summed E-state index contributed by atoms with van der Waals surface area (Å²) < 4.78 is 37.9. The Hall–Kier alpha value is -1.85. The second-order valence-electron chi connectivity index (χ2n) is 4.19. The highest BCUT2D eigenvalue weighted by molar-refractivity contribution is 6.17. The molecular weight excluding hydrogens is 245 g/mol. The van der Waals surface area contributed by atoms with Gasteiger partial charge < -0.3 is 0 Å². The van der Waals surface area contributed by atoms with E-state index in [0.717, 1.165) is 10.6 Å². The largest absolute Gasteiger partial charge is 0.432 e. The summed E-state index contributed by atoms with van der Waals surface area (Å²) in [7, 11) is 0. The molecule has 1 aliphatic heterocycles. The molecule has 96 valence electrons. The van der Waals surface area contributed by atoms with Crippen molar-refractivity contribution in [1.82, 2.24) is 0 Å². The smallest absolute Gasteiger partial charge is 0.272 e. The summed E-state index contributed by atoms with van der Waals surface area (Å²) in [5.74, 6) is -1.92. The molecule has 0 radical (unpaired) electrons. The summed E-state index contributed by atoms with van der Waals surface area (Å²) >= 11 is 0. The minimum absolute atomic E-state index is 0.353. The third kappa shape index (κ3) is 2.10. The normalized spacial score (nSPS) is 20.3. The van der Waals surface area contributed by atoms with Gasteiger partial charge in [-0.3, -0.25) is 4.79 Å². The summed E-state index contributed by atoms with van der Waals surface area (Å²) in [4.78, 5) is 11.8. The summed E-state index contributed by atoms with van der Waals surface area (Å²) in [6.07, 6.45) is -4.58. The molecule has 1 unspecified atom stereocenters. The van der Waals surface area contributed by atoms with Gasteiger partial charge in [-0.2, -0.15) is 23.3 Å². The lowest BCUT2D eigenvalue weighted by molar-refractivity contribution is -0.120. The van der Waals surface area contributed by atoms with E-state index in [1.54, 1.807) is 31.2 Å². The highest BCUT2D eigenvalue weighted by Crippen LogP contribution is 2.31. The minimum Gasteiger partial charge on any atom is -0.272 e. The fraction of sp³-hybridized carbons (Fsp3) is 0.333. The fourth-order valence-corrected chi connectivity index (χ4v) is 1.79. The maximum Gasteiger partial charge on any atom is 0.432 e. The van der Waals surface area contributed by atoms with Crippen LogP contribution in [-0.2, 0) is 4.79 Å². The molecule has 0 fully saturated rings. The van der Waals surface area contributed by atoms with Crippen LogP contribution in [0, 0.1) is 12.8 Å². The van der Waals surface area contributed by atoms with Gasteiger partial charge in [0.25, 0.3) is 5.91 Å². The Morgan fingerprint density at radius 2 is 2.00 bits per heavy atom. The van der Waals surface area contributed by atoms with Gasteiger partial charge in [0.2, 0.25) is 0 Å². The number of carbonyl (C=O) groups excluding carboxylic acids is 1. The van der Waals surface area contributed by atoms with E-state index in [2.05, 4.69) is 5.10 Å². The number of rotatable bonds is 1. The zero-order valence-corrected chi connectivity index (χ0v) is 9.82. The molecule has 18 heavy (non-hydrogen) atoms. The molecule has 1 atom stereocenters. The molecule has 0 saturated heterocycles. The highest BCUT2D eigenvalue weighted by atomic mass is 19.4. The maximum atomic E-state index is 12.6. The molecule has 2 rings (SSSR count). The van der Waals surface area contributed by atoms with Crippen LogP contribution in [-0.4, -0.2) is 17.8 Å². The summed E-state index contributed by atoms with van der Waals surface area (Å²) in [5.41, 5.74) is 0.156.